The van der Waals surface area contributed by atoms with Gasteiger partial charge < -0.3 is 9.88 Å². The number of carbonyl (C=O) groups is 1. The van der Waals surface area contributed by atoms with E-state index in [9.17, 15) is 4.79 Å². The molecule has 2 heterocycles. The minimum absolute atomic E-state index is 0. The van der Waals surface area contributed by atoms with Crippen LogP contribution in [0.2, 0.25) is 0 Å². The molecule has 0 atom stereocenters. The molecule has 1 N–H and O–H groups in total. The van der Waals surface area contributed by atoms with Crippen LogP contribution in [0, 0.1) is 6.92 Å². The number of nitrogens with zero attached hydrogens (tertiary/aromatic N) is 3. The lowest BCUT2D eigenvalue weighted by Crippen LogP contribution is -2.29. The summed E-state index contributed by atoms with van der Waals surface area (Å²) in [6.07, 6.45) is 7.75. The van der Waals surface area contributed by atoms with Crippen molar-refractivity contribution in [3.63, 3.8) is 0 Å². The number of hydrogen-bond acceptors (Lipinski definition) is 3. The summed E-state index contributed by atoms with van der Waals surface area (Å²) in [5.41, 5.74) is 6.90. The molecule has 172 valence electrons. The van der Waals surface area contributed by atoms with Crippen molar-refractivity contribution in [3.05, 3.63) is 66.0 Å². The van der Waals surface area contributed by atoms with Gasteiger partial charge in [0, 0.05) is 32.2 Å². The number of aromatic nitrogens is 2. The number of rotatable bonds is 7. The van der Waals surface area contributed by atoms with E-state index in [4.69, 9.17) is 0 Å². The second-order valence-electron chi connectivity index (χ2n) is 8.13. The third-order valence-electron chi connectivity index (χ3n) is 5.79. The summed E-state index contributed by atoms with van der Waals surface area (Å²) in [5, 5.41) is 2.85. The molecule has 3 aromatic rings. The molecule has 0 saturated carbocycles. The van der Waals surface area contributed by atoms with E-state index in [0.717, 1.165) is 61.3 Å². The highest BCUT2D eigenvalue weighted by atomic mass is 35.5. The maximum atomic E-state index is 11.3. The Bertz CT molecular complexity index is 1060. The van der Waals surface area contributed by atoms with Crippen LogP contribution < -0.4 is 5.32 Å². The number of halogens is 2. The average Bonchev–Trinajstić information content (AvgIpc) is 3.15. The van der Waals surface area contributed by atoms with Gasteiger partial charge in [-0.25, -0.2) is 4.98 Å². The molecule has 1 amide bonds. The first kappa shape index (κ1) is 25.9. The molecule has 32 heavy (non-hydrogen) atoms. The normalized spacial score (nSPS) is 13.8. The predicted octanol–water partition coefficient (Wildman–Crippen LogP) is 5.72. The summed E-state index contributed by atoms with van der Waals surface area (Å²) in [6.45, 7) is 7.89. The topological polar surface area (TPSA) is 50.2 Å². The molecule has 4 rings (SSSR count). The molecular formula is C25H32Cl2N4O. The highest BCUT2D eigenvalue weighted by Crippen LogP contribution is 2.24. The quantitative estimate of drug-likeness (QED) is 0.445. The van der Waals surface area contributed by atoms with Crippen LogP contribution in [0.25, 0.3) is 16.6 Å². The van der Waals surface area contributed by atoms with Crippen molar-refractivity contribution in [3.8, 4) is 0 Å². The van der Waals surface area contributed by atoms with Crippen LogP contribution in [-0.2, 0) is 11.3 Å². The number of fused-ring (bicyclic) bond motifs is 1. The lowest BCUT2D eigenvalue weighted by molar-refractivity contribution is -0.114. The fourth-order valence-corrected chi connectivity index (χ4v) is 4.31. The van der Waals surface area contributed by atoms with Gasteiger partial charge >= 0.3 is 0 Å². The van der Waals surface area contributed by atoms with E-state index in [1.165, 1.54) is 24.5 Å². The fourth-order valence-electron chi connectivity index (χ4n) is 4.31. The zero-order chi connectivity index (χ0) is 20.9. The van der Waals surface area contributed by atoms with E-state index in [1.54, 1.807) is 0 Å². The summed E-state index contributed by atoms with van der Waals surface area (Å²) in [7, 11) is 0. The molecule has 0 aliphatic carbocycles. The van der Waals surface area contributed by atoms with Gasteiger partial charge in [0.2, 0.25) is 5.91 Å². The van der Waals surface area contributed by atoms with Crippen LogP contribution in [0.1, 0.15) is 37.3 Å². The van der Waals surface area contributed by atoms with Crippen LogP contribution in [0.4, 0.5) is 5.69 Å². The molecule has 0 fully saturated rings. The minimum atomic E-state index is -0.0587. The van der Waals surface area contributed by atoms with Gasteiger partial charge in [-0.15, -0.1) is 24.8 Å². The second-order valence-corrected chi connectivity index (χ2v) is 8.13. The number of amides is 1. The van der Waals surface area contributed by atoms with Crippen LogP contribution in [0.15, 0.2) is 54.9 Å². The van der Waals surface area contributed by atoms with Crippen molar-refractivity contribution in [1.29, 1.82) is 0 Å². The van der Waals surface area contributed by atoms with Crippen LogP contribution in [0.5, 0.6) is 0 Å². The van der Waals surface area contributed by atoms with E-state index >= 15 is 0 Å². The Balaban J connectivity index is 0.00000181. The Hall–Kier alpha value is -2.34. The van der Waals surface area contributed by atoms with Gasteiger partial charge in [-0.1, -0.05) is 36.4 Å². The van der Waals surface area contributed by atoms with Crippen molar-refractivity contribution in [1.82, 2.24) is 14.5 Å². The van der Waals surface area contributed by atoms with Gasteiger partial charge in [-0.05, 0) is 61.6 Å². The third-order valence-corrected chi connectivity index (χ3v) is 5.79. The van der Waals surface area contributed by atoms with Crippen molar-refractivity contribution in [2.24, 2.45) is 0 Å². The smallest absolute Gasteiger partial charge is 0.221 e. The first-order valence-electron chi connectivity index (χ1n) is 10.8. The minimum Gasteiger partial charge on any atom is -0.330 e. The van der Waals surface area contributed by atoms with Gasteiger partial charge in [-0.3, -0.25) is 9.69 Å². The second kappa shape index (κ2) is 12.0. The molecule has 5 nitrogen and oxygen atoms in total. The van der Waals surface area contributed by atoms with E-state index in [-0.39, 0.29) is 30.7 Å². The lowest BCUT2D eigenvalue weighted by atomic mass is 9.99. The number of benzene rings is 2. The lowest BCUT2D eigenvalue weighted by Gasteiger charge is -2.26. The first-order chi connectivity index (χ1) is 14.6. The zero-order valence-electron chi connectivity index (χ0n) is 18.7. The molecule has 1 aliphatic heterocycles. The number of unbranched alkanes of at least 4 members (excludes halogenated alkanes) is 1. The zero-order valence-corrected chi connectivity index (χ0v) is 20.3. The maximum Gasteiger partial charge on any atom is 0.221 e. The van der Waals surface area contributed by atoms with Gasteiger partial charge in [0.1, 0.15) is 0 Å². The van der Waals surface area contributed by atoms with Crippen molar-refractivity contribution >= 4 is 53.0 Å². The van der Waals surface area contributed by atoms with Gasteiger partial charge in [0.25, 0.3) is 0 Å². The molecule has 1 aliphatic rings. The van der Waals surface area contributed by atoms with Crippen molar-refractivity contribution < 1.29 is 4.79 Å². The summed E-state index contributed by atoms with van der Waals surface area (Å²) >= 11 is 0. The van der Waals surface area contributed by atoms with Crippen molar-refractivity contribution in [2.75, 3.05) is 25.0 Å². The number of imidazole rings is 1. The van der Waals surface area contributed by atoms with Gasteiger partial charge in [0.05, 0.1) is 17.4 Å². The van der Waals surface area contributed by atoms with E-state index in [0.29, 0.717) is 0 Å². The predicted molar refractivity (Wildman–Crippen MR) is 138 cm³/mol. The Morgan fingerprint density at radius 2 is 1.84 bits per heavy atom. The van der Waals surface area contributed by atoms with Crippen molar-refractivity contribution in [2.45, 2.75) is 39.7 Å². The Morgan fingerprint density at radius 1 is 1.09 bits per heavy atom. The summed E-state index contributed by atoms with van der Waals surface area (Å²) in [5.74, 6) is -0.0587. The Morgan fingerprint density at radius 3 is 2.53 bits per heavy atom. The molecular weight excluding hydrogens is 443 g/mol. The molecule has 0 unspecified atom stereocenters. The monoisotopic (exact) mass is 474 g/mol. The Kier molecular flexibility index (Phi) is 9.76. The average molecular weight is 475 g/mol. The molecule has 0 saturated heterocycles. The highest BCUT2D eigenvalue weighted by Gasteiger charge is 2.13. The summed E-state index contributed by atoms with van der Waals surface area (Å²) < 4.78 is 2.24. The third kappa shape index (κ3) is 6.35. The number of carbonyl (C=O) groups excluding carboxylic acids is 1. The number of anilines is 1. The van der Waals surface area contributed by atoms with Gasteiger partial charge in [0.15, 0.2) is 0 Å². The summed E-state index contributed by atoms with van der Waals surface area (Å²) in [6, 6.07) is 14.7. The first-order valence-corrected chi connectivity index (χ1v) is 10.8. The molecule has 0 spiro atoms. The molecule has 0 radical (unpaired) electrons. The van der Waals surface area contributed by atoms with Crippen LogP contribution in [-0.4, -0.2) is 40.0 Å². The number of nitrogens with one attached hydrogen (secondary N) is 1. The Labute approximate surface area is 202 Å². The SMILES string of the molecule is CC(=O)Nc1cc(C)c2c(c1)ncn2CCCCN1CC=C(c2ccccc2)CC1.Cl.Cl. The number of hydrogen-bond donors (Lipinski definition) is 1. The van der Waals surface area contributed by atoms with E-state index in [2.05, 4.69) is 63.1 Å². The van der Waals surface area contributed by atoms with Crippen LogP contribution >= 0.6 is 24.8 Å². The maximum absolute atomic E-state index is 11.3. The largest absolute Gasteiger partial charge is 0.330 e. The highest BCUT2D eigenvalue weighted by molar-refractivity contribution is 5.92. The van der Waals surface area contributed by atoms with E-state index < -0.39 is 0 Å². The standard InChI is InChI=1S/C25H30N4O.2ClH/c1-19-16-23(27-20(2)30)17-24-25(19)29(18-26-24)13-7-6-12-28-14-10-22(11-15-28)21-8-4-3-5-9-21;;/h3-5,8-10,16-18H,6-7,11-15H2,1-2H3,(H,27,30);2*1H. The van der Waals surface area contributed by atoms with Crippen LogP contribution in [0.3, 0.4) is 0 Å². The fraction of sp³-hybridized carbons (Fsp3) is 0.360. The summed E-state index contributed by atoms with van der Waals surface area (Å²) in [4.78, 5) is 18.4. The molecule has 0 bridgehead atoms. The molecule has 7 heteroatoms. The molecule has 1 aromatic heterocycles. The van der Waals surface area contributed by atoms with Gasteiger partial charge in [-0.2, -0.15) is 0 Å². The molecule has 2 aromatic carbocycles. The number of aryl methyl sites for hydroxylation is 2. The van der Waals surface area contributed by atoms with E-state index in [1.807, 2.05) is 18.5 Å².